The molecule has 1 fully saturated rings. The largest absolute Gasteiger partial charge is 0.370 e. The zero-order valence-corrected chi connectivity index (χ0v) is 13.1. The number of ether oxygens (including phenoxy) is 1. The fourth-order valence-corrected chi connectivity index (χ4v) is 3.22. The van der Waals surface area contributed by atoms with Gasteiger partial charge in [0.2, 0.25) is 5.91 Å². The Labute approximate surface area is 126 Å². The first-order chi connectivity index (χ1) is 9.96. The van der Waals surface area contributed by atoms with Crippen LogP contribution < -0.4 is 10.2 Å². The molecular formula is C17H24N2O2. The van der Waals surface area contributed by atoms with Gasteiger partial charge >= 0.3 is 0 Å². The van der Waals surface area contributed by atoms with Crippen LogP contribution in [0.3, 0.4) is 0 Å². The topological polar surface area (TPSA) is 41.6 Å². The third kappa shape index (κ3) is 2.97. The van der Waals surface area contributed by atoms with E-state index in [0.717, 1.165) is 25.1 Å². The molecule has 2 atom stereocenters. The Morgan fingerprint density at radius 1 is 1.38 bits per heavy atom. The summed E-state index contributed by atoms with van der Waals surface area (Å²) in [6.07, 6.45) is 2.19. The smallest absolute Gasteiger partial charge is 0.243 e. The maximum absolute atomic E-state index is 12.7. The summed E-state index contributed by atoms with van der Waals surface area (Å²) in [5, 5.41) is 3.29. The van der Waals surface area contributed by atoms with Crippen molar-refractivity contribution in [2.45, 2.75) is 57.9 Å². The number of para-hydroxylation sites is 1. The molecule has 1 N–H and O–H groups in total. The van der Waals surface area contributed by atoms with Crippen LogP contribution in [-0.2, 0) is 16.1 Å². The summed E-state index contributed by atoms with van der Waals surface area (Å²) in [5.41, 5.74) is 2.13. The van der Waals surface area contributed by atoms with Crippen molar-refractivity contribution in [1.29, 1.82) is 0 Å². The predicted octanol–water partition coefficient (Wildman–Crippen LogP) is 2.47. The third-order valence-corrected chi connectivity index (χ3v) is 4.46. The van der Waals surface area contributed by atoms with E-state index in [4.69, 9.17) is 4.74 Å². The SMILES string of the molecule is CC1NCc2ccccc2N(CC2CCC(C)(C)O2)C1=O. The summed E-state index contributed by atoms with van der Waals surface area (Å²) in [4.78, 5) is 14.6. The average molecular weight is 288 g/mol. The van der Waals surface area contributed by atoms with Crippen LogP contribution in [0.4, 0.5) is 5.69 Å². The van der Waals surface area contributed by atoms with Crippen molar-refractivity contribution in [1.82, 2.24) is 5.32 Å². The maximum Gasteiger partial charge on any atom is 0.243 e. The molecular weight excluding hydrogens is 264 g/mol. The molecule has 0 radical (unpaired) electrons. The fraction of sp³-hybridized carbons (Fsp3) is 0.588. The number of hydrogen-bond acceptors (Lipinski definition) is 3. The lowest BCUT2D eigenvalue weighted by Crippen LogP contribution is -2.45. The van der Waals surface area contributed by atoms with Gasteiger partial charge in [-0.25, -0.2) is 0 Å². The van der Waals surface area contributed by atoms with Crippen molar-refractivity contribution in [2.24, 2.45) is 0 Å². The van der Waals surface area contributed by atoms with Crippen molar-refractivity contribution in [3.63, 3.8) is 0 Å². The summed E-state index contributed by atoms with van der Waals surface area (Å²) in [7, 11) is 0. The second kappa shape index (κ2) is 5.43. The molecule has 114 valence electrons. The lowest BCUT2D eigenvalue weighted by Gasteiger charge is -2.28. The lowest BCUT2D eigenvalue weighted by atomic mass is 10.1. The Balaban J connectivity index is 1.86. The number of rotatable bonds is 2. The maximum atomic E-state index is 12.7. The van der Waals surface area contributed by atoms with Crippen LogP contribution in [-0.4, -0.2) is 30.2 Å². The van der Waals surface area contributed by atoms with E-state index < -0.39 is 0 Å². The van der Waals surface area contributed by atoms with Crippen LogP contribution in [0.15, 0.2) is 24.3 Å². The van der Waals surface area contributed by atoms with E-state index in [1.807, 2.05) is 30.0 Å². The molecule has 2 unspecified atom stereocenters. The van der Waals surface area contributed by atoms with Crippen LogP contribution in [0.5, 0.6) is 0 Å². The van der Waals surface area contributed by atoms with Crippen molar-refractivity contribution in [3.8, 4) is 0 Å². The summed E-state index contributed by atoms with van der Waals surface area (Å²) in [6, 6.07) is 7.97. The van der Waals surface area contributed by atoms with Gasteiger partial charge in [0.1, 0.15) is 0 Å². The van der Waals surface area contributed by atoms with Crippen LogP contribution in [0, 0.1) is 0 Å². The third-order valence-electron chi connectivity index (χ3n) is 4.46. The van der Waals surface area contributed by atoms with E-state index in [9.17, 15) is 4.79 Å². The normalized spacial score (nSPS) is 28.3. The Hall–Kier alpha value is -1.39. The Kier molecular flexibility index (Phi) is 3.76. The average Bonchev–Trinajstić information content (AvgIpc) is 2.75. The molecule has 1 amide bonds. The Morgan fingerprint density at radius 2 is 2.14 bits per heavy atom. The van der Waals surface area contributed by atoms with E-state index in [1.165, 1.54) is 5.56 Å². The van der Waals surface area contributed by atoms with Gasteiger partial charge < -0.3 is 15.0 Å². The number of carbonyl (C=O) groups is 1. The number of nitrogens with one attached hydrogen (secondary N) is 1. The number of anilines is 1. The minimum Gasteiger partial charge on any atom is -0.370 e. The predicted molar refractivity (Wildman–Crippen MR) is 83.3 cm³/mol. The van der Waals surface area contributed by atoms with E-state index in [0.29, 0.717) is 6.54 Å². The molecule has 2 aliphatic heterocycles. The van der Waals surface area contributed by atoms with Crippen molar-refractivity contribution in [3.05, 3.63) is 29.8 Å². The van der Waals surface area contributed by atoms with Gasteiger partial charge in [0.05, 0.1) is 24.3 Å². The number of nitrogens with zero attached hydrogens (tertiary/aromatic N) is 1. The second-order valence-electron chi connectivity index (χ2n) is 6.72. The quantitative estimate of drug-likeness (QED) is 0.909. The van der Waals surface area contributed by atoms with Gasteiger partial charge in [0.15, 0.2) is 0 Å². The molecule has 2 aliphatic rings. The van der Waals surface area contributed by atoms with Crippen LogP contribution in [0.2, 0.25) is 0 Å². The molecule has 1 saturated heterocycles. The molecule has 0 aromatic heterocycles. The minimum atomic E-state index is -0.160. The lowest BCUT2D eigenvalue weighted by molar-refractivity contribution is -0.120. The standard InChI is InChI=1S/C17H24N2O2/c1-12-16(20)19(11-14-8-9-17(2,3)21-14)15-7-5-4-6-13(15)10-18-12/h4-7,12,14,18H,8-11H2,1-3H3. The highest BCUT2D eigenvalue weighted by Gasteiger charge is 2.35. The van der Waals surface area contributed by atoms with Crippen LogP contribution in [0.1, 0.15) is 39.2 Å². The molecule has 0 spiro atoms. The summed E-state index contributed by atoms with van der Waals surface area (Å²) in [5.74, 6) is 0.133. The van der Waals surface area contributed by atoms with Gasteiger partial charge in [-0.1, -0.05) is 18.2 Å². The van der Waals surface area contributed by atoms with E-state index in [2.05, 4.69) is 25.2 Å². The molecule has 1 aromatic rings. The molecule has 0 saturated carbocycles. The van der Waals surface area contributed by atoms with Gasteiger partial charge in [0.25, 0.3) is 0 Å². The molecule has 0 bridgehead atoms. The van der Waals surface area contributed by atoms with Crippen LogP contribution in [0.25, 0.3) is 0 Å². The monoisotopic (exact) mass is 288 g/mol. The van der Waals surface area contributed by atoms with Gasteiger partial charge in [-0.15, -0.1) is 0 Å². The first kappa shape index (κ1) is 14.5. The van der Waals surface area contributed by atoms with Gasteiger partial charge in [0, 0.05) is 12.2 Å². The van der Waals surface area contributed by atoms with Crippen LogP contribution >= 0.6 is 0 Å². The summed E-state index contributed by atoms with van der Waals surface area (Å²) in [6.45, 7) is 7.55. The van der Waals surface area contributed by atoms with E-state index >= 15 is 0 Å². The van der Waals surface area contributed by atoms with Crippen molar-refractivity contribution < 1.29 is 9.53 Å². The molecule has 4 nitrogen and oxygen atoms in total. The molecule has 4 heteroatoms. The number of fused-ring (bicyclic) bond motifs is 1. The highest BCUT2D eigenvalue weighted by atomic mass is 16.5. The highest BCUT2D eigenvalue weighted by Crippen LogP contribution is 2.32. The zero-order valence-electron chi connectivity index (χ0n) is 13.1. The summed E-state index contributed by atoms with van der Waals surface area (Å²) < 4.78 is 6.08. The van der Waals surface area contributed by atoms with E-state index in [1.54, 1.807) is 0 Å². The van der Waals surface area contributed by atoms with E-state index in [-0.39, 0.29) is 23.7 Å². The Morgan fingerprint density at radius 3 is 2.86 bits per heavy atom. The molecule has 21 heavy (non-hydrogen) atoms. The van der Waals surface area contributed by atoms with Gasteiger partial charge in [-0.2, -0.15) is 0 Å². The fourth-order valence-electron chi connectivity index (χ4n) is 3.22. The number of benzene rings is 1. The van der Waals surface area contributed by atoms with Gasteiger partial charge in [-0.05, 0) is 45.2 Å². The van der Waals surface area contributed by atoms with Crippen molar-refractivity contribution in [2.75, 3.05) is 11.4 Å². The highest BCUT2D eigenvalue weighted by molar-refractivity contribution is 5.98. The van der Waals surface area contributed by atoms with Gasteiger partial charge in [-0.3, -0.25) is 4.79 Å². The first-order valence-corrected chi connectivity index (χ1v) is 7.77. The molecule has 2 heterocycles. The molecule has 3 rings (SSSR count). The Bertz CT molecular complexity index is 541. The molecule has 1 aromatic carbocycles. The number of carbonyl (C=O) groups excluding carboxylic acids is 1. The number of hydrogen-bond donors (Lipinski definition) is 1. The zero-order chi connectivity index (χ0) is 15.0. The molecule has 0 aliphatic carbocycles. The summed E-state index contributed by atoms with van der Waals surface area (Å²) >= 11 is 0. The number of amides is 1. The van der Waals surface area contributed by atoms with Crippen molar-refractivity contribution >= 4 is 11.6 Å². The second-order valence-corrected chi connectivity index (χ2v) is 6.72. The first-order valence-electron chi connectivity index (χ1n) is 7.77. The minimum absolute atomic E-state index is 0.0665.